The molecule has 596 valence electrons. The molecule has 6 aliphatic rings. The SMILES string of the molecule is CCc1cc(NC(=O)C(=O)N2C[C@@H](C)CCC2c2ccc3sc(C4CCN(C)CC4)nc3c2)cnc1C.CCc1cc(NC(=O)C(=O)N2C[C@@H](C)CCC2c2ccc3sc(C4CCN(C)CC4)nc3c2)cnc1N.CCc1cc(NC(=O)C(=O)O)cnc1C.C[C@H]1CCC(c2ccc3sc(C4CCN(C)CC4)nc3c2)NC1. The molecule has 112 heavy (non-hydrogen) atoms. The van der Waals surface area contributed by atoms with Crippen molar-refractivity contribution < 1.29 is 33.9 Å². The fraction of sp³-hybridized carbons (Fsp3) is 0.512. The minimum Gasteiger partial charge on any atom is -0.474 e. The zero-order chi connectivity index (χ0) is 79.4. The van der Waals surface area contributed by atoms with Gasteiger partial charge in [-0.15, -0.1) is 34.0 Å². The van der Waals surface area contributed by atoms with E-state index in [-0.39, 0.29) is 12.1 Å². The maximum absolute atomic E-state index is 13.4. The van der Waals surface area contributed by atoms with Crippen LogP contribution in [0.1, 0.15) is 214 Å². The molecule has 0 saturated carbocycles. The summed E-state index contributed by atoms with van der Waals surface area (Å²) in [6, 6.07) is 25.4. The molecule has 23 nitrogen and oxygen atoms in total. The molecule has 5 amide bonds. The van der Waals surface area contributed by atoms with Crippen LogP contribution in [0.15, 0.2) is 91.4 Å². The lowest BCUT2D eigenvalue weighted by molar-refractivity contribution is -0.147. The fourth-order valence-electron chi connectivity index (χ4n) is 16.2. The third kappa shape index (κ3) is 20.8. The number of likely N-dealkylation sites (tertiary alicyclic amines) is 5. The van der Waals surface area contributed by atoms with Crippen molar-refractivity contribution in [1.29, 1.82) is 0 Å². The van der Waals surface area contributed by atoms with Crippen LogP contribution < -0.4 is 27.0 Å². The van der Waals surface area contributed by atoms with Gasteiger partial charge in [-0.05, 0) is 283 Å². The van der Waals surface area contributed by atoms with Gasteiger partial charge in [0, 0.05) is 48.3 Å². The molecule has 7 N–H and O–H groups in total. The third-order valence-electron chi connectivity index (χ3n) is 23.4. The van der Waals surface area contributed by atoms with E-state index in [1.54, 1.807) is 50.8 Å². The molecule has 15 rings (SSSR count). The summed E-state index contributed by atoms with van der Waals surface area (Å²) in [7, 11) is 6.58. The summed E-state index contributed by atoms with van der Waals surface area (Å²) in [4.78, 5) is 112. The van der Waals surface area contributed by atoms with E-state index in [4.69, 9.17) is 25.8 Å². The van der Waals surface area contributed by atoms with Crippen molar-refractivity contribution in [2.24, 2.45) is 17.8 Å². The summed E-state index contributed by atoms with van der Waals surface area (Å²) in [5.41, 5.74) is 18.8. The first-order valence-corrected chi connectivity index (χ1v) is 42.8. The number of aryl methyl sites for hydroxylation is 5. The van der Waals surface area contributed by atoms with Crippen LogP contribution in [-0.4, -0.2) is 175 Å². The Balaban J connectivity index is 0.000000146. The molecule has 6 aliphatic heterocycles. The Labute approximate surface area is 670 Å². The monoisotopic (exact) mass is 1580 g/mol. The van der Waals surface area contributed by atoms with Crippen molar-refractivity contribution in [2.75, 3.05) is 102 Å². The Bertz CT molecular complexity index is 4580. The number of nitrogens with one attached hydrogen (secondary N) is 4. The average Bonchev–Trinajstić information content (AvgIpc) is 1.58. The predicted octanol–water partition coefficient (Wildman–Crippen LogP) is 15.0. The zero-order valence-electron chi connectivity index (χ0n) is 66.9. The van der Waals surface area contributed by atoms with Gasteiger partial charge in [0.25, 0.3) is 0 Å². The van der Waals surface area contributed by atoms with E-state index < -0.39 is 35.5 Å². The number of benzene rings is 3. The lowest BCUT2D eigenvalue weighted by Crippen LogP contribution is -2.46. The number of pyridine rings is 3. The van der Waals surface area contributed by atoms with E-state index >= 15 is 0 Å². The molecule has 3 aromatic carbocycles. The highest BCUT2D eigenvalue weighted by Crippen LogP contribution is 2.42. The maximum Gasteiger partial charge on any atom is 0.394 e. The van der Waals surface area contributed by atoms with Crippen LogP contribution in [0, 0.1) is 31.6 Å². The molecule has 0 aliphatic carbocycles. The third-order valence-corrected chi connectivity index (χ3v) is 27.0. The minimum atomic E-state index is -1.51. The van der Waals surface area contributed by atoms with Crippen molar-refractivity contribution in [1.82, 2.24) is 59.7 Å². The number of nitrogen functional groups attached to an aromatic ring is 1. The van der Waals surface area contributed by atoms with Gasteiger partial charge in [0.15, 0.2) is 0 Å². The molecule has 3 unspecified atom stereocenters. The van der Waals surface area contributed by atoms with Crippen molar-refractivity contribution in [3.8, 4) is 0 Å². The summed E-state index contributed by atoms with van der Waals surface area (Å²) < 4.78 is 3.72. The van der Waals surface area contributed by atoms with E-state index in [9.17, 15) is 28.8 Å². The zero-order valence-corrected chi connectivity index (χ0v) is 69.4. The van der Waals surface area contributed by atoms with Crippen molar-refractivity contribution in [3.05, 3.63) is 151 Å². The van der Waals surface area contributed by atoms with Crippen LogP contribution in [0.2, 0.25) is 0 Å². The molecule has 0 bridgehead atoms. The van der Waals surface area contributed by atoms with Crippen LogP contribution >= 0.6 is 34.0 Å². The summed E-state index contributed by atoms with van der Waals surface area (Å²) >= 11 is 5.50. The molecule has 6 atom stereocenters. The Morgan fingerprint density at radius 1 is 0.464 bits per heavy atom. The number of nitrogens with two attached hydrogens (primary N) is 1. The first kappa shape index (κ1) is 82.7. The second kappa shape index (κ2) is 37.9. The predicted molar refractivity (Wildman–Crippen MR) is 450 cm³/mol. The first-order valence-electron chi connectivity index (χ1n) is 40.3. The highest BCUT2D eigenvalue weighted by atomic mass is 32.1. The number of anilines is 4. The number of aliphatic carboxylic acids is 1. The van der Waals surface area contributed by atoms with Crippen LogP contribution in [0.4, 0.5) is 22.9 Å². The van der Waals surface area contributed by atoms with Gasteiger partial charge < -0.3 is 56.6 Å². The molecular weight excluding hydrogens is 1470 g/mol. The summed E-state index contributed by atoms with van der Waals surface area (Å²) in [6.07, 6.45) is 20.2. The number of thiazole rings is 3. The number of fused-ring (bicyclic) bond motifs is 3. The largest absolute Gasteiger partial charge is 0.474 e. The number of hydrogen-bond donors (Lipinski definition) is 6. The number of carbonyl (C=O) groups excluding carboxylic acids is 5. The highest BCUT2D eigenvalue weighted by Gasteiger charge is 2.37. The van der Waals surface area contributed by atoms with E-state index in [1.807, 2.05) is 45.1 Å². The van der Waals surface area contributed by atoms with Gasteiger partial charge in [-0.1, -0.05) is 59.7 Å². The van der Waals surface area contributed by atoms with E-state index in [2.05, 4.69) is 154 Å². The molecule has 0 spiro atoms. The molecular formula is C86H112N16O7S3. The molecule has 6 saturated heterocycles. The van der Waals surface area contributed by atoms with Gasteiger partial charge in [-0.25, -0.2) is 24.7 Å². The van der Waals surface area contributed by atoms with Crippen LogP contribution in [0.3, 0.4) is 0 Å². The summed E-state index contributed by atoms with van der Waals surface area (Å²) in [5.74, 6) is -1.17. The molecule has 6 fully saturated rings. The van der Waals surface area contributed by atoms with E-state index in [0.717, 1.165) is 153 Å². The number of nitrogens with zero attached hydrogens (tertiary/aromatic N) is 11. The smallest absolute Gasteiger partial charge is 0.394 e. The maximum atomic E-state index is 13.4. The number of piperidine rings is 6. The molecule has 6 aromatic heterocycles. The number of hydrogen-bond acceptors (Lipinski definition) is 20. The highest BCUT2D eigenvalue weighted by molar-refractivity contribution is 7.19. The number of carboxylic acids is 1. The Hall–Kier alpha value is -8.76. The van der Waals surface area contributed by atoms with Gasteiger partial charge in [0.05, 0.1) is 93.4 Å². The number of rotatable bonds is 12. The Morgan fingerprint density at radius 2 is 0.821 bits per heavy atom. The summed E-state index contributed by atoms with van der Waals surface area (Å²) in [5, 5.41) is 23.7. The average molecular weight is 1580 g/mol. The van der Waals surface area contributed by atoms with Crippen molar-refractivity contribution >= 4 is 123 Å². The number of aromatic nitrogens is 6. The molecule has 12 heterocycles. The summed E-state index contributed by atoms with van der Waals surface area (Å²) in [6.45, 7) is 25.5. The Kier molecular flexibility index (Phi) is 28.0. The number of amides is 5. The molecule has 26 heteroatoms. The normalized spacial score (nSPS) is 21.1. The lowest BCUT2D eigenvalue weighted by Gasteiger charge is -2.38. The minimum absolute atomic E-state index is 0.130. The van der Waals surface area contributed by atoms with Crippen molar-refractivity contribution in [3.63, 3.8) is 0 Å². The fourth-order valence-corrected chi connectivity index (χ4v) is 19.6. The second-order valence-electron chi connectivity index (χ2n) is 32.0. The van der Waals surface area contributed by atoms with Gasteiger partial charge >= 0.3 is 35.5 Å². The van der Waals surface area contributed by atoms with Crippen LogP contribution in [0.25, 0.3) is 30.6 Å². The quantitative estimate of drug-likeness (QED) is 0.0620. The Morgan fingerprint density at radius 3 is 1.20 bits per heavy atom. The lowest BCUT2D eigenvalue weighted by atomic mass is 9.89. The van der Waals surface area contributed by atoms with E-state index in [1.165, 1.54) is 91.4 Å². The number of carboxylic acid groups (broad SMARTS) is 1. The molecule has 0 radical (unpaired) electrons. The van der Waals surface area contributed by atoms with Gasteiger partial charge in [-0.2, -0.15) is 0 Å². The molecule has 9 aromatic rings. The number of carbonyl (C=O) groups is 6. The van der Waals surface area contributed by atoms with Gasteiger partial charge in [-0.3, -0.25) is 33.9 Å². The van der Waals surface area contributed by atoms with Gasteiger partial charge in [0.2, 0.25) is 0 Å². The topological polar surface area (TPSA) is 290 Å². The van der Waals surface area contributed by atoms with Crippen molar-refractivity contribution in [2.45, 2.75) is 188 Å². The van der Waals surface area contributed by atoms with Crippen LogP contribution in [-0.2, 0) is 48.0 Å². The second-order valence-corrected chi connectivity index (χ2v) is 35.1. The van der Waals surface area contributed by atoms with E-state index in [0.29, 0.717) is 78.0 Å². The van der Waals surface area contributed by atoms with Crippen LogP contribution in [0.5, 0.6) is 0 Å². The standard InChI is InChI=1S/C29H37N5O2S.C28H36N6O2S.C19H27N3S.C10H12N2O3/c1-5-20-14-23(16-30-19(20)3)31-27(35)29(36)34-17-18(2)6-8-25(34)22-7-9-26-24(15-22)32-28(37-26)21-10-12-33(4)13-11-21;1-4-18-13-21(15-30-25(18)29)31-26(35)28(36)34-16-17(2)5-7-23(34)20-6-8-24-22(14-20)32-27(37-24)19-9-11-33(3)12-10-19;1-13-3-5-16(20-12-13)15-4-6-18-17(11-15)21-19(23-18)14-7-9-22(2)10-8-14;1-3-7-4-8(5-11-6(7)2)12-9(13)10(14)15/h7,9,14-16,18,21,25H,5-6,8,10-13,17H2,1-4H3,(H,31,35);6,8,13-15,17,19,23H,4-5,7,9-12,16H2,1-3H3,(H2,29,30)(H,31,35);4,6,11,13-14,16,20H,3,5,7-10,12H2,1-2H3;4-5H,3H2,1-2H3,(H,12,13)(H,14,15)/t18-,25?;17-,23?;13-,16?;/m000./s1. The van der Waals surface area contributed by atoms with Gasteiger partial charge in [0.1, 0.15) is 5.82 Å². The first-order chi connectivity index (χ1) is 53.9.